The van der Waals surface area contributed by atoms with Crippen LogP contribution in [0.1, 0.15) is 29.2 Å². The number of pyridine rings is 1. The molecule has 0 spiro atoms. The zero-order chi connectivity index (χ0) is 21.2. The maximum Gasteiger partial charge on any atom is 0.348 e. The van der Waals surface area contributed by atoms with Crippen LogP contribution in [0.3, 0.4) is 0 Å². The van der Waals surface area contributed by atoms with E-state index in [4.69, 9.17) is 4.52 Å². The molecule has 0 atom stereocenters. The van der Waals surface area contributed by atoms with Gasteiger partial charge >= 0.3 is 5.69 Å². The summed E-state index contributed by atoms with van der Waals surface area (Å²) in [5.74, 6) is 1.47. The third-order valence-electron chi connectivity index (χ3n) is 5.52. The van der Waals surface area contributed by atoms with Crippen molar-refractivity contribution in [3.8, 4) is 16.3 Å². The van der Waals surface area contributed by atoms with E-state index in [1.165, 1.54) is 11.3 Å². The largest absolute Gasteiger partial charge is 0.355 e. The lowest BCUT2D eigenvalue weighted by Gasteiger charge is -2.31. The molecule has 0 unspecified atom stereocenters. The van der Waals surface area contributed by atoms with Gasteiger partial charge in [-0.3, -0.25) is 9.78 Å². The Kier molecular flexibility index (Phi) is 5.21. The lowest BCUT2D eigenvalue weighted by Crippen LogP contribution is -2.39. The Bertz CT molecular complexity index is 1220. The van der Waals surface area contributed by atoms with Crippen molar-refractivity contribution in [3.63, 3.8) is 0 Å². The molecule has 0 bridgehead atoms. The van der Waals surface area contributed by atoms with Gasteiger partial charge in [-0.25, -0.2) is 14.5 Å². The Labute approximate surface area is 181 Å². The van der Waals surface area contributed by atoms with Crippen molar-refractivity contribution in [1.82, 2.24) is 29.8 Å². The van der Waals surface area contributed by atoms with Crippen LogP contribution in [0, 0.1) is 5.92 Å². The van der Waals surface area contributed by atoms with Crippen molar-refractivity contribution in [1.29, 1.82) is 0 Å². The lowest BCUT2D eigenvalue weighted by atomic mass is 9.93. The van der Waals surface area contributed by atoms with Crippen LogP contribution < -0.4 is 5.69 Å². The number of piperidine rings is 1. The highest BCUT2D eigenvalue weighted by atomic mass is 32.1. The van der Waals surface area contributed by atoms with E-state index in [2.05, 4.69) is 20.3 Å². The van der Waals surface area contributed by atoms with Crippen molar-refractivity contribution < 1.29 is 9.32 Å². The summed E-state index contributed by atoms with van der Waals surface area (Å²) in [5.41, 5.74) is 0.861. The summed E-state index contributed by atoms with van der Waals surface area (Å²) in [4.78, 5) is 30.9. The second kappa shape index (κ2) is 8.31. The van der Waals surface area contributed by atoms with Crippen molar-refractivity contribution in [2.75, 3.05) is 13.1 Å². The maximum absolute atomic E-state index is 12.8. The molecule has 1 amide bonds. The van der Waals surface area contributed by atoms with E-state index in [9.17, 15) is 9.59 Å². The van der Waals surface area contributed by atoms with E-state index < -0.39 is 0 Å². The zero-order valence-corrected chi connectivity index (χ0v) is 17.4. The fourth-order valence-corrected chi connectivity index (χ4v) is 4.62. The smallest absolute Gasteiger partial charge is 0.348 e. The van der Waals surface area contributed by atoms with Gasteiger partial charge in [-0.1, -0.05) is 5.16 Å². The molecular formula is C21H20N6O3S. The molecule has 158 valence electrons. The highest BCUT2D eigenvalue weighted by Gasteiger charge is 2.27. The van der Waals surface area contributed by atoms with Gasteiger partial charge in [0.1, 0.15) is 10.8 Å². The van der Waals surface area contributed by atoms with Crippen LogP contribution in [-0.2, 0) is 6.42 Å². The molecule has 31 heavy (non-hydrogen) atoms. The van der Waals surface area contributed by atoms with Gasteiger partial charge in [0.2, 0.25) is 0 Å². The minimum absolute atomic E-state index is 0.132. The number of nitrogens with zero attached hydrogens (tertiary/aromatic N) is 5. The van der Waals surface area contributed by atoms with Crippen LogP contribution in [0.2, 0.25) is 0 Å². The third-order valence-corrected chi connectivity index (χ3v) is 6.37. The summed E-state index contributed by atoms with van der Waals surface area (Å²) >= 11 is 1.50. The number of hydrogen-bond donors (Lipinski definition) is 1. The standard InChI is InChI=1S/C21H20N6O3S/c28-20(16-12-17(30-25-16)15-3-1-7-22-13-15)26-8-5-14(6-9-26)11-18-23-24-21(29)27(18)19-4-2-10-31-19/h1-4,7,10,12-14H,5-6,8-9,11H2,(H,24,29). The van der Waals surface area contributed by atoms with Gasteiger partial charge in [-0.15, -0.1) is 11.3 Å². The number of hydrogen-bond acceptors (Lipinski definition) is 7. The molecular weight excluding hydrogens is 416 g/mol. The Hall–Kier alpha value is -3.53. The SMILES string of the molecule is O=C(c1cc(-c2cccnc2)on1)N1CCC(Cc2n[nH]c(=O)n2-c2cccs2)CC1. The molecule has 5 heterocycles. The Morgan fingerprint density at radius 1 is 1.26 bits per heavy atom. The number of aromatic amines is 1. The molecule has 10 heteroatoms. The number of carbonyl (C=O) groups is 1. The molecule has 1 saturated heterocycles. The normalized spacial score (nSPS) is 14.8. The number of thiophene rings is 1. The van der Waals surface area contributed by atoms with Crippen LogP contribution in [0.15, 0.2) is 57.4 Å². The predicted molar refractivity (Wildman–Crippen MR) is 114 cm³/mol. The highest BCUT2D eigenvalue weighted by molar-refractivity contribution is 7.12. The fraction of sp³-hybridized carbons (Fsp3) is 0.286. The molecule has 0 saturated carbocycles. The first-order chi connectivity index (χ1) is 15.2. The minimum Gasteiger partial charge on any atom is -0.355 e. The quantitative estimate of drug-likeness (QED) is 0.515. The number of H-pyrrole nitrogens is 1. The van der Waals surface area contributed by atoms with Gasteiger partial charge < -0.3 is 9.42 Å². The van der Waals surface area contributed by atoms with Gasteiger partial charge in [-0.05, 0) is 48.4 Å². The van der Waals surface area contributed by atoms with E-state index in [0.29, 0.717) is 36.9 Å². The Morgan fingerprint density at radius 3 is 2.87 bits per heavy atom. The van der Waals surface area contributed by atoms with Crippen LogP contribution in [-0.4, -0.2) is 48.8 Å². The molecule has 1 aliphatic heterocycles. The first-order valence-electron chi connectivity index (χ1n) is 10.1. The van der Waals surface area contributed by atoms with E-state index in [0.717, 1.165) is 29.2 Å². The van der Waals surface area contributed by atoms with E-state index in [-0.39, 0.29) is 11.6 Å². The average Bonchev–Trinajstić information content (AvgIpc) is 3.56. The van der Waals surface area contributed by atoms with Crippen molar-refractivity contribution >= 4 is 17.2 Å². The number of likely N-dealkylation sites (tertiary alicyclic amines) is 1. The summed E-state index contributed by atoms with van der Waals surface area (Å²) in [7, 11) is 0. The van der Waals surface area contributed by atoms with E-state index in [1.54, 1.807) is 34.0 Å². The summed E-state index contributed by atoms with van der Waals surface area (Å²) in [5, 5.41) is 13.5. The number of nitrogens with one attached hydrogen (secondary N) is 1. The average molecular weight is 436 g/mol. The van der Waals surface area contributed by atoms with E-state index >= 15 is 0 Å². The fourth-order valence-electron chi connectivity index (χ4n) is 3.87. The molecule has 5 rings (SSSR count). The second-order valence-electron chi connectivity index (χ2n) is 7.49. The molecule has 9 nitrogen and oxygen atoms in total. The number of rotatable bonds is 5. The van der Waals surface area contributed by atoms with Crippen LogP contribution in [0.5, 0.6) is 0 Å². The summed E-state index contributed by atoms with van der Waals surface area (Å²) in [6.45, 7) is 1.26. The topological polar surface area (TPSA) is 110 Å². The number of amides is 1. The Morgan fingerprint density at radius 2 is 2.13 bits per heavy atom. The molecule has 0 aliphatic carbocycles. The van der Waals surface area contributed by atoms with Gasteiger partial charge in [-0.2, -0.15) is 5.10 Å². The first kappa shape index (κ1) is 19.4. The van der Waals surface area contributed by atoms with Crippen molar-refractivity contribution in [3.05, 3.63) is 70.1 Å². The summed E-state index contributed by atoms with van der Waals surface area (Å²) in [6, 6.07) is 9.15. The van der Waals surface area contributed by atoms with Crippen LogP contribution in [0.25, 0.3) is 16.3 Å². The van der Waals surface area contributed by atoms with Gasteiger partial charge in [0, 0.05) is 43.5 Å². The minimum atomic E-state index is -0.222. The predicted octanol–water partition coefficient (Wildman–Crippen LogP) is 2.77. The first-order valence-corrected chi connectivity index (χ1v) is 10.9. The number of aromatic nitrogens is 5. The summed E-state index contributed by atoms with van der Waals surface area (Å²) < 4.78 is 6.97. The Balaban J connectivity index is 1.22. The molecule has 0 aromatic carbocycles. The summed E-state index contributed by atoms with van der Waals surface area (Å²) in [6.07, 6.45) is 5.72. The van der Waals surface area contributed by atoms with E-state index in [1.807, 2.05) is 23.6 Å². The number of carbonyl (C=O) groups excluding carboxylic acids is 1. The second-order valence-corrected chi connectivity index (χ2v) is 8.42. The van der Waals surface area contributed by atoms with Gasteiger partial charge in [0.15, 0.2) is 11.5 Å². The third kappa shape index (κ3) is 3.93. The van der Waals surface area contributed by atoms with Gasteiger partial charge in [0.05, 0.1) is 0 Å². The molecule has 1 fully saturated rings. The van der Waals surface area contributed by atoms with Crippen molar-refractivity contribution in [2.24, 2.45) is 5.92 Å². The maximum atomic E-state index is 12.8. The zero-order valence-electron chi connectivity index (χ0n) is 16.6. The molecule has 4 aromatic heterocycles. The van der Waals surface area contributed by atoms with Crippen LogP contribution in [0.4, 0.5) is 0 Å². The van der Waals surface area contributed by atoms with Gasteiger partial charge in [0.25, 0.3) is 5.91 Å². The molecule has 1 N–H and O–H groups in total. The van der Waals surface area contributed by atoms with Crippen LogP contribution >= 0.6 is 11.3 Å². The molecule has 0 radical (unpaired) electrons. The lowest BCUT2D eigenvalue weighted by molar-refractivity contribution is 0.0679. The molecule has 1 aliphatic rings. The molecule has 4 aromatic rings. The van der Waals surface area contributed by atoms with Crippen molar-refractivity contribution in [2.45, 2.75) is 19.3 Å². The highest BCUT2D eigenvalue weighted by Crippen LogP contribution is 2.25. The monoisotopic (exact) mass is 436 g/mol.